The Morgan fingerprint density at radius 3 is 2.56 bits per heavy atom. The molecule has 4 rings (SSSR count). The van der Waals surface area contributed by atoms with Crippen molar-refractivity contribution in [2.24, 2.45) is 0 Å². The molecule has 3 aromatic carbocycles. The van der Waals surface area contributed by atoms with Crippen LogP contribution in [0.1, 0.15) is 21.5 Å². The van der Waals surface area contributed by atoms with Crippen LogP contribution in [0.25, 0.3) is 0 Å². The van der Waals surface area contributed by atoms with E-state index in [1.807, 2.05) is 41.3 Å². The number of carbonyl (C=O) groups excluding carboxylic acids is 1. The lowest BCUT2D eigenvalue weighted by Gasteiger charge is -2.29. The van der Waals surface area contributed by atoms with Gasteiger partial charge in [0.2, 0.25) is 0 Å². The molecule has 27 heavy (non-hydrogen) atoms. The summed E-state index contributed by atoms with van der Waals surface area (Å²) in [5.41, 5.74) is 3.56. The number of amides is 1. The molecular formula is C22H18F2N2O. The van der Waals surface area contributed by atoms with Crippen molar-refractivity contribution < 1.29 is 13.6 Å². The number of rotatable bonds is 4. The summed E-state index contributed by atoms with van der Waals surface area (Å²) >= 11 is 0. The van der Waals surface area contributed by atoms with Gasteiger partial charge >= 0.3 is 0 Å². The van der Waals surface area contributed by atoms with E-state index in [1.165, 1.54) is 12.1 Å². The Kier molecular flexibility index (Phi) is 4.59. The molecule has 3 aromatic rings. The van der Waals surface area contributed by atoms with Crippen LogP contribution in [0.2, 0.25) is 0 Å². The quantitative estimate of drug-likeness (QED) is 0.714. The summed E-state index contributed by atoms with van der Waals surface area (Å²) < 4.78 is 26.9. The van der Waals surface area contributed by atoms with Crippen LogP contribution in [0.5, 0.6) is 0 Å². The van der Waals surface area contributed by atoms with Crippen molar-refractivity contribution in [3.63, 3.8) is 0 Å². The van der Waals surface area contributed by atoms with Gasteiger partial charge in [-0.2, -0.15) is 0 Å². The number of nitrogens with one attached hydrogen (secondary N) is 1. The Balaban J connectivity index is 1.53. The maximum Gasteiger partial charge on any atom is 0.254 e. The summed E-state index contributed by atoms with van der Waals surface area (Å²) in [7, 11) is 0. The third-order valence-corrected chi connectivity index (χ3v) is 4.70. The van der Waals surface area contributed by atoms with Gasteiger partial charge in [0.05, 0.1) is 5.69 Å². The van der Waals surface area contributed by atoms with E-state index >= 15 is 0 Å². The van der Waals surface area contributed by atoms with Gasteiger partial charge in [-0.15, -0.1) is 0 Å². The first-order valence-electron chi connectivity index (χ1n) is 8.78. The zero-order valence-corrected chi connectivity index (χ0v) is 14.6. The zero-order valence-electron chi connectivity index (χ0n) is 14.6. The van der Waals surface area contributed by atoms with Crippen LogP contribution < -0.4 is 5.32 Å². The fourth-order valence-corrected chi connectivity index (χ4v) is 3.32. The predicted octanol–water partition coefficient (Wildman–Crippen LogP) is 4.91. The second-order valence-corrected chi connectivity index (χ2v) is 6.58. The van der Waals surface area contributed by atoms with Crippen molar-refractivity contribution in [1.29, 1.82) is 0 Å². The number of halogens is 2. The number of anilines is 2. The van der Waals surface area contributed by atoms with Crippen LogP contribution in [-0.2, 0) is 13.0 Å². The summed E-state index contributed by atoms with van der Waals surface area (Å²) in [4.78, 5) is 14.6. The minimum atomic E-state index is -0.655. The fourth-order valence-electron chi connectivity index (χ4n) is 3.32. The van der Waals surface area contributed by atoms with Crippen molar-refractivity contribution in [2.75, 3.05) is 11.9 Å². The van der Waals surface area contributed by atoms with Crippen molar-refractivity contribution in [1.82, 2.24) is 4.90 Å². The second-order valence-electron chi connectivity index (χ2n) is 6.58. The SMILES string of the molecule is O=C1c2ccc(Nc3ccc(F)cc3F)cc2CCN1Cc1ccccc1. The highest BCUT2D eigenvalue weighted by Crippen LogP contribution is 2.27. The molecule has 0 saturated heterocycles. The Morgan fingerprint density at radius 1 is 0.963 bits per heavy atom. The maximum absolute atomic E-state index is 13.8. The highest BCUT2D eigenvalue weighted by molar-refractivity contribution is 5.97. The van der Waals surface area contributed by atoms with E-state index < -0.39 is 11.6 Å². The van der Waals surface area contributed by atoms with Crippen molar-refractivity contribution in [3.05, 3.63) is 95.1 Å². The Morgan fingerprint density at radius 2 is 1.78 bits per heavy atom. The molecule has 0 fully saturated rings. The normalized spacial score (nSPS) is 13.4. The Bertz CT molecular complexity index is 989. The minimum absolute atomic E-state index is 0.000356. The first-order valence-corrected chi connectivity index (χ1v) is 8.78. The molecule has 0 spiro atoms. The standard InChI is InChI=1S/C22H18F2N2O/c23-17-6-9-21(20(24)13-17)25-18-7-8-19-16(12-18)10-11-26(22(19)27)14-15-4-2-1-3-5-15/h1-9,12-13,25H,10-11,14H2. The predicted molar refractivity (Wildman–Crippen MR) is 101 cm³/mol. The van der Waals surface area contributed by atoms with Gasteiger partial charge in [-0.05, 0) is 47.9 Å². The van der Waals surface area contributed by atoms with Gasteiger partial charge in [-0.3, -0.25) is 4.79 Å². The molecule has 0 aromatic heterocycles. The van der Waals surface area contributed by atoms with Crippen LogP contribution in [0.3, 0.4) is 0 Å². The third-order valence-electron chi connectivity index (χ3n) is 4.70. The van der Waals surface area contributed by atoms with E-state index in [9.17, 15) is 13.6 Å². The molecule has 0 saturated carbocycles. The lowest BCUT2D eigenvalue weighted by molar-refractivity contribution is 0.0727. The highest BCUT2D eigenvalue weighted by atomic mass is 19.1. The maximum atomic E-state index is 13.8. The number of carbonyl (C=O) groups is 1. The minimum Gasteiger partial charge on any atom is -0.353 e. The average Bonchev–Trinajstić information content (AvgIpc) is 2.67. The lowest BCUT2D eigenvalue weighted by atomic mass is 9.97. The summed E-state index contributed by atoms with van der Waals surface area (Å²) in [5, 5.41) is 2.95. The van der Waals surface area contributed by atoms with Gasteiger partial charge in [-0.25, -0.2) is 8.78 Å². The first kappa shape index (κ1) is 17.2. The number of fused-ring (bicyclic) bond motifs is 1. The molecule has 0 bridgehead atoms. The topological polar surface area (TPSA) is 32.3 Å². The molecule has 136 valence electrons. The molecule has 0 unspecified atom stereocenters. The fraction of sp³-hybridized carbons (Fsp3) is 0.136. The average molecular weight is 364 g/mol. The monoisotopic (exact) mass is 364 g/mol. The molecule has 3 nitrogen and oxygen atoms in total. The van der Waals surface area contributed by atoms with E-state index in [1.54, 1.807) is 12.1 Å². The van der Waals surface area contributed by atoms with E-state index in [-0.39, 0.29) is 11.6 Å². The third kappa shape index (κ3) is 3.67. The van der Waals surface area contributed by atoms with Crippen molar-refractivity contribution in [2.45, 2.75) is 13.0 Å². The van der Waals surface area contributed by atoms with Gasteiger partial charge in [0.25, 0.3) is 5.91 Å². The molecule has 1 heterocycles. The van der Waals surface area contributed by atoms with Crippen molar-refractivity contribution in [3.8, 4) is 0 Å². The molecule has 1 N–H and O–H groups in total. The number of hydrogen-bond donors (Lipinski definition) is 1. The number of benzene rings is 3. The highest BCUT2D eigenvalue weighted by Gasteiger charge is 2.24. The van der Waals surface area contributed by atoms with E-state index in [0.717, 1.165) is 23.6 Å². The molecule has 0 atom stereocenters. The van der Waals surface area contributed by atoms with Crippen molar-refractivity contribution >= 4 is 17.3 Å². The molecule has 1 amide bonds. The number of hydrogen-bond acceptors (Lipinski definition) is 2. The molecular weight excluding hydrogens is 346 g/mol. The Labute approximate surface area is 156 Å². The lowest BCUT2D eigenvalue weighted by Crippen LogP contribution is -2.37. The molecule has 5 heteroatoms. The van der Waals surface area contributed by atoms with Gasteiger partial charge in [0, 0.05) is 30.4 Å². The molecule has 0 aliphatic carbocycles. The Hall–Kier alpha value is -3.21. The summed E-state index contributed by atoms with van der Waals surface area (Å²) in [6.07, 6.45) is 0.731. The summed E-state index contributed by atoms with van der Waals surface area (Å²) in [5.74, 6) is -1.27. The second kappa shape index (κ2) is 7.19. The van der Waals surface area contributed by atoms with E-state index in [2.05, 4.69) is 5.32 Å². The summed E-state index contributed by atoms with van der Waals surface area (Å²) in [6.45, 7) is 1.22. The van der Waals surface area contributed by atoms with Crippen LogP contribution in [-0.4, -0.2) is 17.4 Å². The summed E-state index contributed by atoms with van der Waals surface area (Å²) in [6, 6.07) is 18.7. The molecule has 1 aliphatic heterocycles. The zero-order chi connectivity index (χ0) is 18.8. The van der Waals surface area contributed by atoms with Gasteiger partial charge in [0.15, 0.2) is 0 Å². The smallest absolute Gasteiger partial charge is 0.254 e. The molecule has 1 aliphatic rings. The molecule has 0 radical (unpaired) electrons. The van der Waals surface area contributed by atoms with E-state index in [0.29, 0.717) is 24.3 Å². The number of nitrogens with zero attached hydrogens (tertiary/aromatic N) is 1. The largest absolute Gasteiger partial charge is 0.353 e. The van der Waals surface area contributed by atoms with Crippen LogP contribution in [0, 0.1) is 11.6 Å². The first-order chi connectivity index (χ1) is 13.1. The van der Waals surface area contributed by atoms with Gasteiger partial charge in [-0.1, -0.05) is 30.3 Å². The van der Waals surface area contributed by atoms with E-state index in [4.69, 9.17) is 0 Å². The van der Waals surface area contributed by atoms with Crippen LogP contribution >= 0.6 is 0 Å². The van der Waals surface area contributed by atoms with Gasteiger partial charge < -0.3 is 10.2 Å². The van der Waals surface area contributed by atoms with Crippen LogP contribution in [0.15, 0.2) is 66.7 Å². The van der Waals surface area contributed by atoms with Gasteiger partial charge in [0.1, 0.15) is 11.6 Å². The van der Waals surface area contributed by atoms with Crippen LogP contribution in [0.4, 0.5) is 20.2 Å².